The molecule has 0 aromatic carbocycles. The van der Waals surface area contributed by atoms with Gasteiger partial charge in [-0.3, -0.25) is 0 Å². The Morgan fingerprint density at radius 2 is 1.32 bits per heavy atom. The summed E-state index contributed by atoms with van der Waals surface area (Å²) in [5, 5.41) is 0. The second-order valence-electron chi connectivity index (χ2n) is 4.27. The van der Waals surface area contributed by atoms with E-state index in [-0.39, 0.29) is 25.3 Å². The fraction of sp³-hybridized carbons (Fsp3) is 0.417. The average molecular weight is 304 g/mol. The van der Waals surface area contributed by atoms with Crippen LogP contribution >= 0.6 is 0 Å². The van der Waals surface area contributed by atoms with Crippen molar-refractivity contribution in [3.05, 3.63) is 20.6 Å². The second kappa shape index (κ2) is 6.17. The molecule has 1 atom stereocenters. The van der Waals surface area contributed by atoms with E-state index in [0.29, 0.717) is 3.88 Å². The van der Waals surface area contributed by atoms with E-state index in [1.807, 2.05) is 27.7 Å². The molecule has 0 saturated carbocycles. The summed E-state index contributed by atoms with van der Waals surface area (Å²) in [6.07, 6.45) is 0. The van der Waals surface area contributed by atoms with Crippen molar-refractivity contribution < 1.29 is 42.1 Å². The molecule has 0 amide bonds. The third kappa shape index (κ3) is 2.64. The topological polar surface area (TPSA) is 78.9 Å². The van der Waals surface area contributed by atoms with Crippen LogP contribution in [0, 0.1) is 5.92 Å². The van der Waals surface area contributed by atoms with Crippen molar-refractivity contribution in [1.82, 2.24) is 0 Å². The Morgan fingerprint density at radius 3 is 1.58 bits per heavy atom. The summed E-state index contributed by atoms with van der Waals surface area (Å²) in [6.45, 7) is 8.04. The van der Waals surface area contributed by atoms with Crippen molar-refractivity contribution in [2.24, 2.45) is 5.92 Å². The Labute approximate surface area is 116 Å². The molecule has 0 bridgehead atoms. The fourth-order valence-corrected chi connectivity index (χ4v) is 5.95. The van der Waals surface area contributed by atoms with E-state index >= 15 is 0 Å². The van der Waals surface area contributed by atoms with E-state index in [1.165, 1.54) is 0 Å². The first-order valence-electron chi connectivity index (χ1n) is 5.68. The molecule has 0 saturated heterocycles. The summed E-state index contributed by atoms with van der Waals surface area (Å²) in [6, 6.07) is 0. The first kappa shape index (κ1) is 15.7. The SMILES string of the molecule is CC1=C(C)C(C)[C]([Ti]([O]C=O)([O]C=O)[O]C=O)=C1C. The van der Waals surface area contributed by atoms with Gasteiger partial charge in [-0.05, 0) is 0 Å². The number of carbonyl (C=O) groups is 3. The van der Waals surface area contributed by atoms with Crippen LogP contribution in [0.3, 0.4) is 0 Å². The Morgan fingerprint density at radius 1 is 0.895 bits per heavy atom. The van der Waals surface area contributed by atoms with Gasteiger partial charge in [0, 0.05) is 0 Å². The van der Waals surface area contributed by atoms with Crippen molar-refractivity contribution in [3.8, 4) is 0 Å². The molecule has 6 nitrogen and oxygen atoms in total. The predicted octanol–water partition coefficient (Wildman–Crippen LogP) is 1.66. The molecule has 0 aliphatic heterocycles. The molecule has 0 aromatic rings. The number of allylic oxidation sites excluding steroid dienone is 4. The minimum atomic E-state index is -4.44. The van der Waals surface area contributed by atoms with Crippen LogP contribution in [-0.4, -0.2) is 19.4 Å². The third-order valence-corrected chi connectivity index (χ3v) is 7.78. The molecule has 0 heterocycles. The zero-order chi connectivity index (χ0) is 14.6. The van der Waals surface area contributed by atoms with Gasteiger partial charge in [0.25, 0.3) is 0 Å². The van der Waals surface area contributed by atoms with Crippen LogP contribution < -0.4 is 0 Å². The summed E-state index contributed by atoms with van der Waals surface area (Å²) >= 11 is -4.44. The monoisotopic (exact) mass is 304 g/mol. The first-order valence-corrected chi connectivity index (χ1v) is 8.37. The Bertz CT molecular complexity index is 438. The van der Waals surface area contributed by atoms with Gasteiger partial charge >= 0.3 is 116 Å². The van der Waals surface area contributed by atoms with Crippen molar-refractivity contribution in [3.63, 3.8) is 0 Å². The summed E-state index contributed by atoms with van der Waals surface area (Å²) in [5.74, 6) is -0.0974. The molecule has 0 fully saturated rings. The minimum absolute atomic E-state index is 0.0974. The molecule has 0 spiro atoms. The van der Waals surface area contributed by atoms with E-state index in [4.69, 9.17) is 9.96 Å². The number of carbonyl (C=O) groups excluding carboxylic acids is 3. The van der Waals surface area contributed by atoms with Gasteiger partial charge in [-0.25, -0.2) is 0 Å². The standard InChI is InChI=1S/C9H13.3CH2O2.Ti/c1-6-5-7(2)9(4)8(6)3;3*2-1-3;/h6H,1-4H3;3*1H,(H,2,3);/q;;;;+3/p-3. The van der Waals surface area contributed by atoms with Crippen LogP contribution in [0.2, 0.25) is 0 Å². The van der Waals surface area contributed by atoms with E-state index in [1.54, 1.807) is 0 Å². The van der Waals surface area contributed by atoms with E-state index in [2.05, 4.69) is 0 Å². The van der Waals surface area contributed by atoms with Gasteiger partial charge in [0.15, 0.2) is 0 Å². The summed E-state index contributed by atoms with van der Waals surface area (Å²) in [7, 11) is 0. The summed E-state index contributed by atoms with van der Waals surface area (Å²) in [5.41, 5.74) is 2.94. The van der Waals surface area contributed by atoms with Gasteiger partial charge in [-0.1, -0.05) is 0 Å². The van der Waals surface area contributed by atoms with Crippen LogP contribution in [0.1, 0.15) is 27.7 Å². The van der Waals surface area contributed by atoms with Gasteiger partial charge in [-0.15, -0.1) is 0 Å². The molecule has 1 unspecified atom stereocenters. The van der Waals surface area contributed by atoms with Gasteiger partial charge < -0.3 is 0 Å². The van der Waals surface area contributed by atoms with Gasteiger partial charge in [-0.2, -0.15) is 0 Å². The Balaban J connectivity index is 3.37. The van der Waals surface area contributed by atoms with E-state index < -0.39 is 17.8 Å². The zero-order valence-electron chi connectivity index (χ0n) is 11.3. The van der Waals surface area contributed by atoms with Gasteiger partial charge in [0.1, 0.15) is 0 Å². The molecule has 0 aromatic heterocycles. The maximum atomic E-state index is 10.7. The van der Waals surface area contributed by atoms with E-state index in [0.717, 1.165) is 16.7 Å². The fourth-order valence-electron chi connectivity index (χ4n) is 2.32. The van der Waals surface area contributed by atoms with Crippen LogP contribution in [0.4, 0.5) is 0 Å². The summed E-state index contributed by atoms with van der Waals surface area (Å²) in [4.78, 5) is 32.1. The third-order valence-electron chi connectivity index (χ3n) is 3.58. The van der Waals surface area contributed by atoms with Crippen molar-refractivity contribution in [2.45, 2.75) is 27.7 Å². The quantitative estimate of drug-likeness (QED) is 0.526. The molecule has 0 N–H and O–H groups in total. The Hall–Kier alpha value is -1.40. The molecular weight excluding hydrogens is 288 g/mol. The predicted molar refractivity (Wildman–Crippen MR) is 61.7 cm³/mol. The van der Waals surface area contributed by atoms with E-state index in [9.17, 15) is 14.4 Å². The number of rotatable bonds is 7. The molecule has 104 valence electrons. The van der Waals surface area contributed by atoms with Crippen LogP contribution in [0.15, 0.2) is 20.6 Å². The van der Waals surface area contributed by atoms with Crippen LogP contribution in [0.25, 0.3) is 0 Å². The van der Waals surface area contributed by atoms with Gasteiger partial charge in [0.2, 0.25) is 0 Å². The van der Waals surface area contributed by atoms with Crippen LogP contribution in [-0.2, 0) is 42.1 Å². The maximum absolute atomic E-state index is 10.7. The summed E-state index contributed by atoms with van der Waals surface area (Å²) < 4.78 is 15.5. The second-order valence-corrected chi connectivity index (χ2v) is 7.95. The zero-order valence-corrected chi connectivity index (χ0v) is 12.8. The molecular formula is C12H16O6Ti. The average Bonchev–Trinajstić information content (AvgIpc) is 2.55. The normalized spacial score (nSPS) is 19.3. The molecule has 0 radical (unpaired) electrons. The first-order chi connectivity index (χ1) is 8.95. The van der Waals surface area contributed by atoms with Crippen molar-refractivity contribution in [1.29, 1.82) is 0 Å². The molecule has 19 heavy (non-hydrogen) atoms. The Kier molecular flexibility index (Phi) is 5.08. The number of hydrogen-bond acceptors (Lipinski definition) is 6. The van der Waals surface area contributed by atoms with Crippen molar-refractivity contribution in [2.75, 3.05) is 0 Å². The molecule has 1 rings (SSSR count). The van der Waals surface area contributed by atoms with Crippen LogP contribution in [0.5, 0.6) is 0 Å². The molecule has 7 heteroatoms. The van der Waals surface area contributed by atoms with Gasteiger partial charge in [0.05, 0.1) is 0 Å². The molecule has 1 aliphatic carbocycles. The molecule has 1 aliphatic rings. The number of hydrogen-bond donors (Lipinski definition) is 0. The van der Waals surface area contributed by atoms with Crippen molar-refractivity contribution >= 4 is 19.4 Å².